The van der Waals surface area contributed by atoms with Gasteiger partial charge in [-0.25, -0.2) is 0 Å². The van der Waals surface area contributed by atoms with Crippen LogP contribution in [0.5, 0.6) is 0 Å². The summed E-state index contributed by atoms with van der Waals surface area (Å²) in [7, 11) is 0. The molecule has 3 heteroatoms. The van der Waals surface area contributed by atoms with Crippen LogP contribution in [0.15, 0.2) is 59.4 Å². The SMILES string of the molecule is Cc1ccc(-c2c(-c3ccccc3)c(=O)[nH]n2CC(C)C)cc1. The van der Waals surface area contributed by atoms with E-state index in [4.69, 9.17) is 0 Å². The quantitative estimate of drug-likeness (QED) is 0.758. The van der Waals surface area contributed by atoms with Gasteiger partial charge in [0.2, 0.25) is 0 Å². The minimum absolute atomic E-state index is 0.0348. The molecule has 0 fully saturated rings. The summed E-state index contributed by atoms with van der Waals surface area (Å²) in [6.07, 6.45) is 0. The van der Waals surface area contributed by atoms with Crippen LogP contribution < -0.4 is 5.56 Å². The van der Waals surface area contributed by atoms with E-state index in [0.717, 1.165) is 28.9 Å². The molecule has 23 heavy (non-hydrogen) atoms. The Morgan fingerprint density at radius 3 is 2.22 bits per heavy atom. The summed E-state index contributed by atoms with van der Waals surface area (Å²) in [6.45, 7) is 7.16. The molecule has 118 valence electrons. The second kappa shape index (κ2) is 6.29. The highest BCUT2D eigenvalue weighted by molar-refractivity contribution is 5.80. The summed E-state index contributed by atoms with van der Waals surface area (Å²) in [4.78, 5) is 12.6. The molecule has 0 radical (unpaired) electrons. The van der Waals surface area contributed by atoms with E-state index in [1.54, 1.807) is 0 Å². The molecule has 3 nitrogen and oxygen atoms in total. The molecule has 0 aliphatic rings. The average molecular weight is 306 g/mol. The molecular formula is C20H22N2O. The second-order valence-electron chi connectivity index (χ2n) is 6.40. The molecule has 0 aliphatic carbocycles. The predicted octanol–water partition coefficient (Wildman–Crippen LogP) is 4.47. The molecular weight excluding hydrogens is 284 g/mol. The Hall–Kier alpha value is -2.55. The van der Waals surface area contributed by atoms with Crippen molar-refractivity contribution in [2.45, 2.75) is 27.3 Å². The first kappa shape index (κ1) is 15.3. The van der Waals surface area contributed by atoms with E-state index < -0.39 is 0 Å². The minimum Gasteiger partial charge on any atom is -0.284 e. The summed E-state index contributed by atoms with van der Waals surface area (Å²) in [5, 5.41) is 3.02. The first-order valence-corrected chi connectivity index (χ1v) is 8.01. The van der Waals surface area contributed by atoms with Crippen molar-refractivity contribution in [3.8, 4) is 22.4 Å². The van der Waals surface area contributed by atoms with Crippen molar-refractivity contribution in [1.82, 2.24) is 9.78 Å². The number of aryl methyl sites for hydroxylation is 1. The van der Waals surface area contributed by atoms with Gasteiger partial charge < -0.3 is 0 Å². The largest absolute Gasteiger partial charge is 0.284 e. The zero-order valence-electron chi connectivity index (χ0n) is 13.8. The van der Waals surface area contributed by atoms with E-state index in [9.17, 15) is 4.79 Å². The summed E-state index contributed by atoms with van der Waals surface area (Å²) in [6, 6.07) is 18.2. The van der Waals surface area contributed by atoms with Crippen LogP contribution >= 0.6 is 0 Å². The molecule has 0 amide bonds. The minimum atomic E-state index is -0.0348. The molecule has 0 saturated carbocycles. The monoisotopic (exact) mass is 306 g/mol. The number of H-pyrrole nitrogens is 1. The number of nitrogens with zero attached hydrogens (tertiary/aromatic N) is 1. The Bertz CT molecular complexity index is 840. The number of nitrogens with one attached hydrogen (secondary N) is 1. The number of benzene rings is 2. The van der Waals surface area contributed by atoms with Gasteiger partial charge in [-0.15, -0.1) is 0 Å². The van der Waals surface area contributed by atoms with Crippen LogP contribution in [0.2, 0.25) is 0 Å². The normalized spacial score (nSPS) is 11.1. The maximum Gasteiger partial charge on any atom is 0.272 e. The van der Waals surface area contributed by atoms with Gasteiger partial charge in [0.15, 0.2) is 0 Å². The lowest BCUT2D eigenvalue weighted by Crippen LogP contribution is -2.10. The molecule has 1 aromatic heterocycles. The van der Waals surface area contributed by atoms with Crippen LogP contribution in [0, 0.1) is 12.8 Å². The van der Waals surface area contributed by atoms with E-state index in [1.165, 1.54) is 5.56 Å². The molecule has 0 unspecified atom stereocenters. The van der Waals surface area contributed by atoms with Gasteiger partial charge in [0, 0.05) is 12.1 Å². The summed E-state index contributed by atoms with van der Waals surface area (Å²) in [5.74, 6) is 0.450. The predicted molar refractivity (Wildman–Crippen MR) is 95.5 cm³/mol. The van der Waals surface area contributed by atoms with Crippen LogP contribution in [-0.4, -0.2) is 9.78 Å². The van der Waals surface area contributed by atoms with E-state index in [2.05, 4.69) is 50.1 Å². The number of aromatic amines is 1. The van der Waals surface area contributed by atoms with Crippen LogP contribution in [0.4, 0.5) is 0 Å². The van der Waals surface area contributed by atoms with Gasteiger partial charge in [-0.2, -0.15) is 0 Å². The van der Waals surface area contributed by atoms with Crippen molar-refractivity contribution in [2.75, 3.05) is 0 Å². The van der Waals surface area contributed by atoms with E-state index in [1.807, 2.05) is 35.0 Å². The molecule has 3 rings (SSSR count). The van der Waals surface area contributed by atoms with Crippen LogP contribution in [0.1, 0.15) is 19.4 Å². The molecule has 0 saturated heterocycles. The Balaban J connectivity index is 2.25. The van der Waals surface area contributed by atoms with Gasteiger partial charge in [-0.1, -0.05) is 74.0 Å². The van der Waals surface area contributed by atoms with Gasteiger partial charge in [0.1, 0.15) is 0 Å². The molecule has 2 aromatic carbocycles. The Morgan fingerprint density at radius 1 is 0.957 bits per heavy atom. The summed E-state index contributed by atoms with van der Waals surface area (Å²) < 4.78 is 1.99. The summed E-state index contributed by atoms with van der Waals surface area (Å²) in [5.41, 5.74) is 4.90. The highest BCUT2D eigenvalue weighted by Crippen LogP contribution is 2.30. The number of rotatable bonds is 4. The number of hydrogen-bond acceptors (Lipinski definition) is 1. The average Bonchev–Trinajstić information content (AvgIpc) is 2.84. The Morgan fingerprint density at radius 2 is 1.61 bits per heavy atom. The smallest absolute Gasteiger partial charge is 0.272 e. The third kappa shape index (κ3) is 3.14. The van der Waals surface area contributed by atoms with Crippen LogP contribution in [0.25, 0.3) is 22.4 Å². The van der Waals surface area contributed by atoms with E-state index in [-0.39, 0.29) is 5.56 Å². The molecule has 0 spiro atoms. The molecule has 0 bridgehead atoms. The maximum atomic E-state index is 12.6. The molecule has 3 aromatic rings. The van der Waals surface area contributed by atoms with Crippen molar-refractivity contribution < 1.29 is 0 Å². The third-order valence-corrected chi connectivity index (χ3v) is 3.91. The lowest BCUT2D eigenvalue weighted by molar-refractivity contribution is 0.485. The molecule has 0 atom stereocenters. The van der Waals surface area contributed by atoms with Crippen molar-refractivity contribution in [1.29, 1.82) is 0 Å². The van der Waals surface area contributed by atoms with Gasteiger partial charge in [0.25, 0.3) is 5.56 Å². The first-order valence-electron chi connectivity index (χ1n) is 8.01. The lowest BCUT2D eigenvalue weighted by atomic mass is 10.0. The first-order chi connectivity index (χ1) is 11.1. The molecule has 1 heterocycles. The van der Waals surface area contributed by atoms with E-state index >= 15 is 0 Å². The van der Waals surface area contributed by atoms with Gasteiger partial charge in [-0.3, -0.25) is 14.6 Å². The van der Waals surface area contributed by atoms with Crippen LogP contribution in [0.3, 0.4) is 0 Å². The van der Waals surface area contributed by atoms with Gasteiger partial charge in [-0.05, 0) is 18.4 Å². The zero-order chi connectivity index (χ0) is 16.4. The van der Waals surface area contributed by atoms with E-state index in [0.29, 0.717) is 5.92 Å². The Labute approximate surface area is 136 Å². The van der Waals surface area contributed by atoms with Crippen molar-refractivity contribution in [3.05, 3.63) is 70.5 Å². The Kier molecular flexibility index (Phi) is 4.20. The third-order valence-electron chi connectivity index (χ3n) is 3.91. The highest BCUT2D eigenvalue weighted by atomic mass is 16.1. The topological polar surface area (TPSA) is 37.8 Å². The second-order valence-corrected chi connectivity index (χ2v) is 6.40. The highest BCUT2D eigenvalue weighted by Gasteiger charge is 2.18. The van der Waals surface area contributed by atoms with Gasteiger partial charge in [0.05, 0.1) is 11.3 Å². The zero-order valence-corrected chi connectivity index (χ0v) is 13.8. The fraction of sp³-hybridized carbons (Fsp3) is 0.250. The lowest BCUT2D eigenvalue weighted by Gasteiger charge is -2.13. The molecule has 0 aliphatic heterocycles. The number of hydrogen-bond donors (Lipinski definition) is 1. The van der Waals surface area contributed by atoms with Crippen molar-refractivity contribution in [2.24, 2.45) is 5.92 Å². The van der Waals surface area contributed by atoms with Gasteiger partial charge >= 0.3 is 0 Å². The summed E-state index contributed by atoms with van der Waals surface area (Å²) >= 11 is 0. The van der Waals surface area contributed by atoms with Crippen LogP contribution in [-0.2, 0) is 6.54 Å². The maximum absolute atomic E-state index is 12.6. The standard InChI is InChI=1S/C20H22N2O/c1-14(2)13-22-19(17-11-9-15(3)10-12-17)18(20(23)21-22)16-7-5-4-6-8-16/h4-12,14H,13H2,1-3H3,(H,21,23). The molecule has 1 N–H and O–H groups in total. The fourth-order valence-corrected chi connectivity index (χ4v) is 2.86. The van der Waals surface area contributed by atoms with Crippen molar-refractivity contribution >= 4 is 0 Å². The fourth-order valence-electron chi connectivity index (χ4n) is 2.86. The van der Waals surface area contributed by atoms with Crippen molar-refractivity contribution in [3.63, 3.8) is 0 Å². The number of aromatic nitrogens is 2.